The van der Waals surface area contributed by atoms with Crippen LogP contribution in [-0.4, -0.2) is 14.8 Å². The van der Waals surface area contributed by atoms with Gasteiger partial charge in [0, 0.05) is 11.8 Å². The van der Waals surface area contributed by atoms with Crippen molar-refractivity contribution in [2.45, 2.75) is 50.2 Å². The lowest BCUT2D eigenvalue weighted by molar-refractivity contribution is 0.278. The van der Waals surface area contributed by atoms with Gasteiger partial charge in [-0.15, -0.1) is 10.2 Å². The maximum atomic E-state index is 9.32. The predicted octanol–water partition coefficient (Wildman–Crippen LogP) is 6.04. The van der Waals surface area contributed by atoms with Crippen molar-refractivity contribution < 1.29 is 4.74 Å². The van der Waals surface area contributed by atoms with Crippen LogP contribution in [0.3, 0.4) is 0 Å². The molecule has 1 heterocycles. The third-order valence-electron chi connectivity index (χ3n) is 4.73. The molecule has 0 saturated heterocycles. The Morgan fingerprint density at radius 3 is 2.55 bits per heavy atom. The van der Waals surface area contributed by atoms with Crippen molar-refractivity contribution in [1.82, 2.24) is 14.8 Å². The maximum absolute atomic E-state index is 9.32. The van der Waals surface area contributed by atoms with Crippen molar-refractivity contribution in [3.05, 3.63) is 70.5 Å². The SMILES string of the molecule is CCC(CC)n1c(COc2ccccc2Cl)nnc1SCc1ccccc1C#N. The van der Waals surface area contributed by atoms with E-state index >= 15 is 0 Å². The van der Waals surface area contributed by atoms with Gasteiger partial charge in [-0.3, -0.25) is 0 Å². The van der Waals surface area contributed by atoms with E-state index in [0.29, 0.717) is 28.7 Å². The number of hydrogen-bond donors (Lipinski definition) is 0. The van der Waals surface area contributed by atoms with Gasteiger partial charge in [-0.05, 0) is 36.6 Å². The number of benzene rings is 2. The second kappa shape index (κ2) is 10.3. The van der Waals surface area contributed by atoms with Crippen LogP contribution in [0.1, 0.15) is 49.7 Å². The summed E-state index contributed by atoms with van der Waals surface area (Å²) >= 11 is 7.79. The average molecular weight is 427 g/mol. The zero-order chi connectivity index (χ0) is 20.6. The summed E-state index contributed by atoms with van der Waals surface area (Å²) in [6.07, 6.45) is 1.94. The maximum Gasteiger partial charge on any atom is 0.191 e. The first-order valence-electron chi connectivity index (χ1n) is 9.59. The van der Waals surface area contributed by atoms with Crippen LogP contribution in [0.15, 0.2) is 53.7 Å². The molecule has 0 aliphatic rings. The molecule has 0 saturated carbocycles. The lowest BCUT2D eigenvalue weighted by atomic mass is 10.1. The number of para-hydroxylation sites is 1. The van der Waals surface area contributed by atoms with Gasteiger partial charge in [0.05, 0.1) is 16.7 Å². The normalized spacial score (nSPS) is 10.9. The summed E-state index contributed by atoms with van der Waals surface area (Å²) in [5.41, 5.74) is 1.68. The van der Waals surface area contributed by atoms with Gasteiger partial charge >= 0.3 is 0 Å². The van der Waals surface area contributed by atoms with Crippen LogP contribution in [-0.2, 0) is 12.4 Å². The van der Waals surface area contributed by atoms with Gasteiger partial charge in [-0.25, -0.2) is 0 Å². The predicted molar refractivity (Wildman–Crippen MR) is 116 cm³/mol. The molecule has 0 radical (unpaired) electrons. The van der Waals surface area contributed by atoms with Crippen molar-refractivity contribution in [3.63, 3.8) is 0 Å². The number of hydrogen-bond acceptors (Lipinski definition) is 5. The highest BCUT2D eigenvalue weighted by Gasteiger charge is 2.20. The first-order valence-corrected chi connectivity index (χ1v) is 11.0. The second-order valence-corrected chi connectivity index (χ2v) is 7.87. The summed E-state index contributed by atoms with van der Waals surface area (Å²) in [7, 11) is 0. The smallest absolute Gasteiger partial charge is 0.191 e. The Morgan fingerprint density at radius 2 is 1.83 bits per heavy atom. The van der Waals surface area contributed by atoms with Gasteiger partial charge in [0.25, 0.3) is 0 Å². The molecule has 5 nitrogen and oxygen atoms in total. The lowest BCUT2D eigenvalue weighted by Crippen LogP contribution is -2.14. The van der Waals surface area contributed by atoms with Gasteiger partial charge in [0.15, 0.2) is 11.0 Å². The number of thioether (sulfide) groups is 1. The van der Waals surface area contributed by atoms with Crippen LogP contribution in [0.2, 0.25) is 5.02 Å². The van der Waals surface area contributed by atoms with E-state index in [1.165, 1.54) is 0 Å². The Labute approximate surface area is 180 Å². The van der Waals surface area contributed by atoms with Crippen LogP contribution in [0.4, 0.5) is 0 Å². The van der Waals surface area contributed by atoms with Crippen LogP contribution in [0.5, 0.6) is 5.75 Å². The molecule has 0 spiro atoms. The lowest BCUT2D eigenvalue weighted by Gasteiger charge is -2.19. The Hall–Kier alpha value is -2.49. The molecule has 3 aromatic rings. The first-order chi connectivity index (χ1) is 14.2. The molecule has 150 valence electrons. The minimum absolute atomic E-state index is 0.281. The molecule has 0 atom stereocenters. The van der Waals surface area contributed by atoms with Gasteiger partial charge in [-0.1, -0.05) is 67.5 Å². The van der Waals surface area contributed by atoms with E-state index in [9.17, 15) is 5.26 Å². The molecule has 0 amide bonds. The zero-order valence-electron chi connectivity index (χ0n) is 16.5. The summed E-state index contributed by atoms with van der Waals surface area (Å²) in [5, 5.41) is 19.5. The minimum atomic E-state index is 0.281. The van der Waals surface area contributed by atoms with Crippen molar-refractivity contribution in [2.75, 3.05) is 0 Å². The van der Waals surface area contributed by atoms with Crippen LogP contribution in [0.25, 0.3) is 0 Å². The molecule has 2 aromatic carbocycles. The average Bonchev–Trinajstić information content (AvgIpc) is 3.15. The van der Waals surface area contributed by atoms with Gasteiger partial charge in [0.1, 0.15) is 12.4 Å². The van der Waals surface area contributed by atoms with Crippen LogP contribution in [0, 0.1) is 11.3 Å². The van der Waals surface area contributed by atoms with Crippen molar-refractivity contribution in [2.24, 2.45) is 0 Å². The number of nitriles is 1. The number of halogens is 1. The number of rotatable bonds is 9. The summed E-state index contributed by atoms with van der Waals surface area (Å²) in [4.78, 5) is 0. The Kier molecular flexibility index (Phi) is 7.56. The third kappa shape index (κ3) is 5.11. The molecule has 0 aliphatic heterocycles. The van der Waals surface area contributed by atoms with E-state index in [1.54, 1.807) is 17.8 Å². The summed E-state index contributed by atoms with van der Waals surface area (Å²) in [6, 6.07) is 17.6. The fourth-order valence-corrected chi connectivity index (χ4v) is 4.35. The monoisotopic (exact) mass is 426 g/mol. The highest BCUT2D eigenvalue weighted by molar-refractivity contribution is 7.98. The van der Waals surface area contributed by atoms with Gasteiger partial charge < -0.3 is 9.30 Å². The number of ether oxygens (including phenoxy) is 1. The van der Waals surface area contributed by atoms with E-state index in [1.807, 2.05) is 42.5 Å². The zero-order valence-corrected chi connectivity index (χ0v) is 18.1. The highest BCUT2D eigenvalue weighted by atomic mass is 35.5. The van der Waals surface area contributed by atoms with Crippen molar-refractivity contribution in [3.8, 4) is 11.8 Å². The van der Waals surface area contributed by atoms with E-state index in [4.69, 9.17) is 16.3 Å². The molecule has 0 unspecified atom stereocenters. The Bertz CT molecular complexity index is 994. The van der Waals surface area contributed by atoms with E-state index in [2.05, 4.69) is 34.7 Å². The van der Waals surface area contributed by atoms with Crippen LogP contribution < -0.4 is 4.74 Å². The Morgan fingerprint density at radius 1 is 1.10 bits per heavy atom. The molecule has 7 heteroatoms. The molecule has 0 aliphatic carbocycles. The van der Waals surface area contributed by atoms with E-state index in [0.717, 1.165) is 29.4 Å². The number of aromatic nitrogens is 3. The van der Waals surface area contributed by atoms with Crippen molar-refractivity contribution in [1.29, 1.82) is 5.26 Å². The topological polar surface area (TPSA) is 63.7 Å². The van der Waals surface area contributed by atoms with Gasteiger partial charge in [-0.2, -0.15) is 5.26 Å². The third-order valence-corrected chi connectivity index (χ3v) is 6.03. The molecule has 0 bridgehead atoms. The molecule has 3 rings (SSSR count). The fourth-order valence-electron chi connectivity index (χ4n) is 3.13. The molecular weight excluding hydrogens is 404 g/mol. The summed E-state index contributed by atoms with van der Waals surface area (Å²) < 4.78 is 8.07. The molecule has 1 aromatic heterocycles. The standard InChI is InChI=1S/C22H23ClN4OS/c1-3-18(4-2)27-21(14-28-20-12-8-7-11-19(20)23)25-26-22(27)29-15-17-10-6-5-9-16(17)13-24/h5-12,18H,3-4,14-15H2,1-2H3. The quantitative estimate of drug-likeness (QED) is 0.390. The number of nitrogens with zero attached hydrogens (tertiary/aromatic N) is 4. The van der Waals surface area contributed by atoms with Crippen LogP contribution >= 0.6 is 23.4 Å². The van der Waals surface area contributed by atoms with E-state index < -0.39 is 0 Å². The fraction of sp³-hybridized carbons (Fsp3) is 0.318. The molecule has 29 heavy (non-hydrogen) atoms. The molecular formula is C22H23ClN4OS. The van der Waals surface area contributed by atoms with Gasteiger partial charge in [0.2, 0.25) is 0 Å². The Balaban J connectivity index is 1.82. The molecule has 0 N–H and O–H groups in total. The molecule has 0 fully saturated rings. The highest BCUT2D eigenvalue weighted by Crippen LogP contribution is 2.30. The van der Waals surface area contributed by atoms with Crippen molar-refractivity contribution >= 4 is 23.4 Å². The second-order valence-electron chi connectivity index (χ2n) is 6.52. The summed E-state index contributed by atoms with van der Waals surface area (Å²) in [6.45, 7) is 4.61. The summed E-state index contributed by atoms with van der Waals surface area (Å²) in [5.74, 6) is 2.06. The minimum Gasteiger partial charge on any atom is -0.484 e. The first kappa shape index (κ1) is 21.2. The largest absolute Gasteiger partial charge is 0.484 e. The van der Waals surface area contributed by atoms with E-state index in [-0.39, 0.29) is 6.04 Å².